The molecular formula is C8H5ClN2O2S. The van der Waals surface area contributed by atoms with E-state index in [4.69, 9.17) is 10.7 Å². The second-order valence-electron chi connectivity index (χ2n) is 2.72. The Kier molecular flexibility index (Phi) is 2.13. The van der Waals surface area contributed by atoms with Crippen LogP contribution in [0.25, 0.3) is 10.8 Å². The zero-order valence-corrected chi connectivity index (χ0v) is 8.46. The van der Waals surface area contributed by atoms with Gasteiger partial charge in [0, 0.05) is 21.5 Å². The van der Waals surface area contributed by atoms with E-state index >= 15 is 0 Å². The number of aromatic nitrogens is 2. The first-order valence-corrected chi connectivity index (χ1v) is 6.03. The lowest BCUT2D eigenvalue weighted by Gasteiger charge is -1.98. The predicted molar refractivity (Wildman–Crippen MR) is 52.6 cm³/mol. The molecule has 0 atom stereocenters. The quantitative estimate of drug-likeness (QED) is 0.695. The van der Waals surface area contributed by atoms with Crippen LogP contribution in [0.4, 0.5) is 0 Å². The van der Waals surface area contributed by atoms with E-state index < -0.39 is 9.05 Å². The van der Waals surface area contributed by atoms with Gasteiger partial charge in [-0.3, -0.25) is 0 Å². The van der Waals surface area contributed by atoms with E-state index in [2.05, 4.69) is 10.2 Å². The van der Waals surface area contributed by atoms with Crippen LogP contribution in [0.3, 0.4) is 0 Å². The molecule has 0 saturated heterocycles. The minimum Gasteiger partial charge on any atom is -0.207 e. The standard InChI is InChI=1S/C8H5ClN2O2S/c9-14(12,13)8-2-1-6-4-10-11-5-7(6)3-8/h1-5H. The van der Waals surface area contributed by atoms with Crippen LogP contribution in [0.5, 0.6) is 0 Å². The van der Waals surface area contributed by atoms with Crippen LogP contribution in [0.2, 0.25) is 0 Å². The van der Waals surface area contributed by atoms with Crippen LogP contribution in [-0.4, -0.2) is 18.6 Å². The lowest BCUT2D eigenvalue weighted by Crippen LogP contribution is -1.90. The molecule has 6 heteroatoms. The van der Waals surface area contributed by atoms with E-state index in [0.717, 1.165) is 5.39 Å². The number of rotatable bonds is 1. The summed E-state index contributed by atoms with van der Waals surface area (Å²) in [6.07, 6.45) is 3.04. The van der Waals surface area contributed by atoms with Gasteiger partial charge in [0.2, 0.25) is 0 Å². The van der Waals surface area contributed by atoms with Crippen LogP contribution in [0, 0.1) is 0 Å². The Balaban J connectivity index is 2.75. The number of hydrogen-bond donors (Lipinski definition) is 0. The number of benzene rings is 1. The molecule has 0 unspecified atom stereocenters. The predicted octanol–water partition coefficient (Wildman–Crippen LogP) is 1.56. The molecule has 0 N–H and O–H groups in total. The van der Waals surface area contributed by atoms with Crippen molar-refractivity contribution in [1.29, 1.82) is 0 Å². The Morgan fingerprint density at radius 3 is 2.36 bits per heavy atom. The minimum atomic E-state index is -3.67. The van der Waals surface area contributed by atoms with E-state index in [1.54, 1.807) is 12.3 Å². The van der Waals surface area contributed by atoms with Crippen LogP contribution in [0.15, 0.2) is 35.5 Å². The summed E-state index contributed by atoms with van der Waals surface area (Å²) < 4.78 is 22.0. The molecule has 0 aliphatic carbocycles. The summed E-state index contributed by atoms with van der Waals surface area (Å²) in [4.78, 5) is 0.0691. The molecule has 4 nitrogen and oxygen atoms in total. The number of hydrogen-bond acceptors (Lipinski definition) is 4. The second-order valence-corrected chi connectivity index (χ2v) is 5.28. The Labute approximate surface area is 85.0 Å². The number of halogens is 1. The summed E-state index contributed by atoms with van der Waals surface area (Å²) in [5.74, 6) is 0. The summed E-state index contributed by atoms with van der Waals surface area (Å²) in [6.45, 7) is 0. The molecule has 1 heterocycles. The smallest absolute Gasteiger partial charge is 0.207 e. The van der Waals surface area contributed by atoms with Crippen molar-refractivity contribution in [1.82, 2.24) is 10.2 Å². The third-order valence-corrected chi connectivity index (χ3v) is 3.15. The van der Waals surface area contributed by atoms with E-state index in [9.17, 15) is 8.42 Å². The summed E-state index contributed by atoms with van der Waals surface area (Å²) in [6, 6.07) is 4.54. The van der Waals surface area contributed by atoms with Gasteiger partial charge in [0.05, 0.1) is 17.3 Å². The fourth-order valence-electron chi connectivity index (χ4n) is 1.12. The Morgan fingerprint density at radius 2 is 1.71 bits per heavy atom. The molecule has 1 aromatic carbocycles. The molecule has 72 valence electrons. The van der Waals surface area contributed by atoms with Crippen molar-refractivity contribution in [3.8, 4) is 0 Å². The summed E-state index contributed by atoms with van der Waals surface area (Å²) in [5.41, 5.74) is 0. The van der Waals surface area contributed by atoms with Crippen molar-refractivity contribution in [3.63, 3.8) is 0 Å². The maximum absolute atomic E-state index is 11.0. The summed E-state index contributed by atoms with van der Waals surface area (Å²) >= 11 is 0. The monoisotopic (exact) mass is 228 g/mol. The van der Waals surface area contributed by atoms with E-state index in [1.165, 1.54) is 18.3 Å². The van der Waals surface area contributed by atoms with Gasteiger partial charge in [-0.2, -0.15) is 10.2 Å². The van der Waals surface area contributed by atoms with Gasteiger partial charge in [-0.05, 0) is 12.1 Å². The van der Waals surface area contributed by atoms with Gasteiger partial charge in [0.15, 0.2) is 0 Å². The summed E-state index contributed by atoms with van der Waals surface area (Å²) in [5, 5.41) is 8.84. The SMILES string of the molecule is O=S(=O)(Cl)c1ccc2cnncc2c1. The van der Waals surface area contributed by atoms with Crippen LogP contribution in [0.1, 0.15) is 0 Å². The largest absolute Gasteiger partial charge is 0.261 e. The fourth-order valence-corrected chi connectivity index (χ4v) is 1.91. The lowest BCUT2D eigenvalue weighted by molar-refractivity contribution is 0.609. The van der Waals surface area contributed by atoms with Crippen molar-refractivity contribution in [3.05, 3.63) is 30.6 Å². The van der Waals surface area contributed by atoms with Gasteiger partial charge in [-0.25, -0.2) is 8.42 Å². The first-order chi connectivity index (χ1) is 6.57. The van der Waals surface area contributed by atoms with Crippen LogP contribution in [-0.2, 0) is 9.05 Å². The third kappa shape index (κ3) is 1.69. The van der Waals surface area contributed by atoms with Crippen molar-refractivity contribution < 1.29 is 8.42 Å². The van der Waals surface area contributed by atoms with Gasteiger partial charge in [-0.15, -0.1) is 0 Å². The Bertz CT molecular complexity index is 583. The molecule has 0 aliphatic heterocycles. The number of fused-ring (bicyclic) bond motifs is 1. The van der Waals surface area contributed by atoms with Gasteiger partial charge in [-0.1, -0.05) is 6.07 Å². The first kappa shape index (κ1) is 9.36. The normalized spacial score (nSPS) is 11.8. The second kappa shape index (κ2) is 3.18. The maximum Gasteiger partial charge on any atom is 0.261 e. The molecule has 0 aliphatic rings. The molecular weight excluding hydrogens is 224 g/mol. The summed E-state index contributed by atoms with van der Waals surface area (Å²) in [7, 11) is 1.52. The van der Waals surface area contributed by atoms with Crippen molar-refractivity contribution in [2.45, 2.75) is 4.90 Å². The van der Waals surface area contributed by atoms with Crippen molar-refractivity contribution >= 4 is 30.5 Å². The molecule has 14 heavy (non-hydrogen) atoms. The topological polar surface area (TPSA) is 59.9 Å². The average molecular weight is 229 g/mol. The Hall–Kier alpha value is -1.20. The first-order valence-electron chi connectivity index (χ1n) is 3.72. The van der Waals surface area contributed by atoms with Gasteiger partial charge in [0.1, 0.15) is 0 Å². The van der Waals surface area contributed by atoms with Crippen LogP contribution >= 0.6 is 10.7 Å². The fraction of sp³-hybridized carbons (Fsp3) is 0. The Morgan fingerprint density at radius 1 is 1.07 bits per heavy atom. The zero-order valence-electron chi connectivity index (χ0n) is 6.88. The van der Waals surface area contributed by atoms with Gasteiger partial charge >= 0.3 is 0 Å². The van der Waals surface area contributed by atoms with E-state index in [-0.39, 0.29) is 4.90 Å². The van der Waals surface area contributed by atoms with Gasteiger partial charge in [0.25, 0.3) is 9.05 Å². The third-order valence-electron chi connectivity index (χ3n) is 1.80. The molecule has 0 bridgehead atoms. The maximum atomic E-state index is 11.0. The van der Waals surface area contributed by atoms with E-state index in [0.29, 0.717) is 5.39 Å². The highest BCUT2D eigenvalue weighted by atomic mass is 35.7. The van der Waals surface area contributed by atoms with Crippen molar-refractivity contribution in [2.75, 3.05) is 0 Å². The highest BCUT2D eigenvalue weighted by Gasteiger charge is 2.09. The highest BCUT2D eigenvalue weighted by Crippen LogP contribution is 2.20. The van der Waals surface area contributed by atoms with Crippen molar-refractivity contribution in [2.24, 2.45) is 0 Å². The molecule has 2 rings (SSSR count). The van der Waals surface area contributed by atoms with E-state index in [1.807, 2.05) is 0 Å². The molecule has 1 aromatic heterocycles. The highest BCUT2D eigenvalue weighted by molar-refractivity contribution is 8.13. The lowest BCUT2D eigenvalue weighted by atomic mass is 10.2. The minimum absolute atomic E-state index is 0.0691. The van der Waals surface area contributed by atoms with Crippen LogP contribution < -0.4 is 0 Å². The van der Waals surface area contributed by atoms with Gasteiger partial charge < -0.3 is 0 Å². The molecule has 0 amide bonds. The molecule has 0 radical (unpaired) electrons. The molecule has 0 spiro atoms. The average Bonchev–Trinajstić information content (AvgIpc) is 2.16. The molecule has 0 saturated carbocycles. The zero-order chi connectivity index (χ0) is 10.2. The number of nitrogens with zero attached hydrogens (tertiary/aromatic N) is 2. The molecule has 0 fully saturated rings. The molecule has 2 aromatic rings.